The first-order valence-corrected chi connectivity index (χ1v) is 5.67. The Kier molecular flexibility index (Phi) is 3.61. The number of aromatic nitrogens is 3. The Morgan fingerprint density at radius 1 is 1.58 bits per heavy atom. The average molecular weight is 259 g/mol. The SMILES string of the molecule is Cc1ccc(CN(C)C(=O)Cn2cnnc2C#N)o1. The lowest BCUT2D eigenvalue weighted by Gasteiger charge is -2.15. The summed E-state index contributed by atoms with van der Waals surface area (Å²) >= 11 is 0. The molecule has 19 heavy (non-hydrogen) atoms. The van der Waals surface area contributed by atoms with E-state index in [9.17, 15) is 4.79 Å². The minimum absolute atomic E-state index is 0.0338. The van der Waals surface area contributed by atoms with Gasteiger partial charge in [0, 0.05) is 7.05 Å². The molecule has 2 rings (SSSR count). The van der Waals surface area contributed by atoms with Crippen LogP contribution in [0.3, 0.4) is 0 Å². The van der Waals surface area contributed by atoms with Crippen molar-refractivity contribution in [3.8, 4) is 6.07 Å². The van der Waals surface area contributed by atoms with Crippen LogP contribution in [0.25, 0.3) is 0 Å². The highest BCUT2D eigenvalue weighted by molar-refractivity contribution is 5.75. The molecule has 0 saturated heterocycles. The molecule has 2 aromatic rings. The van der Waals surface area contributed by atoms with Gasteiger partial charge in [-0.05, 0) is 19.1 Å². The van der Waals surface area contributed by atoms with Crippen LogP contribution < -0.4 is 0 Å². The molecule has 0 radical (unpaired) electrons. The lowest BCUT2D eigenvalue weighted by atomic mass is 10.4. The molecule has 0 saturated carbocycles. The number of furan rings is 1. The van der Waals surface area contributed by atoms with Crippen LogP contribution in [0.1, 0.15) is 17.3 Å². The van der Waals surface area contributed by atoms with Gasteiger partial charge in [0.15, 0.2) is 0 Å². The molecule has 0 bridgehead atoms. The molecule has 7 heteroatoms. The number of hydrogen-bond donors (Lipinski definition) is 0. The van der Waals surface area contributed by atoms with Crippen molar-refractivity contribution in [1.29, 1.82) is 5.26 Å². The smallest absolute Gasteiger partial charge is 0.242 e. The van der Waals surface area contributed by atoms with Crippen molar-refractivity contribution in [1.82, 2.24) is 19.7 Å². The van der Waals surface area contributed by atoms with E-state index >= 15 is 0 Å². The minimum atomic E-state index is -0.148. The van der Waals surface area contributed by atoms with Crippen LogP contribution in [0, 0.1) is 18.3 Å². The Hall–Kier alpha value is -2.62. The van der Waals surface area contributed by atoms with Crippen molar-refractivity contribution in [3.05, 3.63) is 35.8 Å². The van der Waals surface area contributed by atoms with E-state index < -0.39 is 0 Å². The first-order valence-electron chi connectivity index (χ1n) is 5.67. The van der Waals surface area contributed by atoms with Crippen LogP contribution in [0.4, 0.5) is 0 Å². The predicted octanol–water partition coefficient (Wildman–Crippen LogP) is 0.710. The van der Waals surface area contributed by atoms with Gasteiger partial charge in [-0.15, -0.1) is 10.2 Å². The van der Waals surface area contributed by atoms with Crippen molar-refractivity contribution >= 4 is 5.91 Å². The van der Waals surface area contributed by atoms with E-state index in [1.807, 2.05) is 25.1 Å². The third-order valence-electron chi connectivity index (χ3n) is 2.64. The fraction of sp³-hybridized carbons (Fsp3) is 0.333. The number of hydrogen-bond acceptors (Lipinski definition) is 5. The molecule has 0 aliphatic rings. The van der Waals surface area contributed by atoms with Gasteiger partial charge in [0.1, 0.15) is 30.5 Å². The molecule has 0 N–H and O–H groups in total. The lowest BCUT2D eigenvalue weighted by molar-refractivity contribution is -0.131. The van der Waals surface area contributed by atoms with Gasteiger partial charge in [-0.1, -0.05) is 0 Å². The number of carbonyl (C=O) groups excluding carboxylic acids is 1. The van der Waals surface area contributed by atoms with E-state index in [1.54, 1.807) is 7.05 Å². The second-order valence-corrected chi connectivity index (χ2v) is 4.16. The standard InChI is InChI=1S/C12H13N5O2/c1-9-3-4-10(19-9)6-16(2)12(18)7-17-8-14-15-11(17)5-13/h3-4,8H,6-7H2,1-2H3. The number of rotatable bonds is 4. The Balaban J connectivity index is 1.98. The third kappa shape index (κ3) is 2.98. The van der Waals surface area contributed by atoms with Crippen LogP contribution in [-0.4, -0.2) is 32.6 Å². The third-order valence-corrected chi connectivity index (χ3v) is 2.64. The molecule has 0 unspecified atom stereocenters. The number of likely N-dealkylation sites (N-methyl/N-ethyl adjacent to an activating group) is 1. The van der Waals surface area contributed by atoms with Gasteiger partial charge in [0.05, 0.1) is 6.54 Å². The number of nitrogens with zero attached hydrogens (tertiary/aromatic N) is 5. The summed E-state index contributed by atoms with van der Waals surface area (Å²) in [6.07, 6.45) is 1.36. The summed E-state index contributed by atoms with van der Waals surface area (Å²) in [5, 5.41) is 16.0. The second-order valence-electron chi connectivity index (χ2n) is 4.16. The van der Waals surface area contributed by atoms with Crippen molar-refractivity contribution in [2.75, 3.05) is 7.05 Å². The molecule has 98 valence electrons. The Labute approximate surface area is 110 Å². The fourth-order valence-electron chi connectivity index (χ4n) is 1.62. The first kappa shape index (κ1) is 12.8. The molecule has 0 aliphatic heterocycles. The summed E-state index contributed by atoms with van der Waals surface area (Å²) in [5.41, 5.74) is 0. The largest absolute Gasteiger partial charge is 0.464 e. The number of nitriles is 1. The van der Waals surface area contributed by atoms with Gasteiger partial charge in [0.25, 0.3) is 0 Å². The van der Waals surface area contributed by atoms with Crippen LogP contribution in [0.2, 0.25) is 0 Å². The van der Waals surface area contributed by atoms with E-state index in [1.165, 1.54) is 15.8 Å². The summed E-state index contributed by atoms with van der Waals surface area (Å²) in [5.74, 6) is 1.50. The van der Waals surface area contributed by atoms with Gasteiger partial charge < -0.3 is 9.32 Å². The maximum Gasteiger partial charge on any atom is 0.242 e. The van der Waals surface area contributed by atoms with Crippen molar-refractivity contribution < 1.29 is 9.21 Å². The van der Waals surface area contributed by atoms with E-state index in [0.29, 0.717) is 6.54 Å². The molecule has 1 amide bonds. The molecule has 0 atom stereocenters. The molecule has 2 aromatic heterocycles. The summed E-state index contributed by atoms with van der Waals surface area (Å²) in [6.45, 7) is 2.27. The average Bonchev–Trinajstić information content (AvgIpc) is 2.98. The van der Waals surface area contributed by atoms with Gasteiger partial charge in [-0.3, -0.25) is 9.36 Å². The second kappa shape index (κ2) is 5.35. The topological polar surface area (TPSA) is 88.0 Å². The van der Waals surface area contributed by atoms with Gasteiger partial charge in [-0.2, -0.15) is 5.26 Å². The molecule has 2 heterocycles. The van der Waals surface area contributed by atoms with Gasteiger partial charge in [-0.25, -0.2) is 0 Å². The van der Waals surface area contributed by atoms with Crippen molar-refractivity contribution in [2.45, 2.75) is 20.0 Å². The van der Waals surface area contributed by atoms with Crippen LogP contribution in [0.15, 0.2) is 22.9 Å². The van der Waals surface area contributed by atoms with E-state index in [-0.39, 0.29) is 18.3 Å². The fourth-order valence-corrected chi connectivity index (χ4v) is 1.62. The monoisotopic (exact) mass is 259 g/mol. The summed E-state index contributed by atoms with van der Waals surface area (Å²) in [7, 11) is 1.68. The number of amides is 1. The lowest BCUT2D eigenvalue weighted by Crippen LogP contribution is -2.29. The zero-order valence-corrected chi connectivity index (χ0v) is 10.7. The molecule has 0 aromatic carbocycles. The summed E-state index contributed by atoms with van der Waals surface area (Å²) in [6, 6.07) is 5.55. The molecule has 0 fully saturated rings. The summed E-state index contributed by atoms with van der Waals surface area (Å²) < 4.78 is 6.82. The Morgan fingerprint density at radius 3 is 3.00 bits per heavy atom. The quantitative estimate of drug-likeness (QED) is 0.806. The minimum Gasteiger partial charge on any atom is -0.464 e. The Bertz CT molecular complexity index is 622. The van der Waals surface area contributed by atoms with E-state index in [4.69, 9.17) is 9.68 Å². The predicted molar refractivity (Wildman–Crippen MR) is 64.7 cm³/mol. The van der Waals surface area contributed by atoms with Crippen molar-refractivity contribution in [2.24, 2.45) is 0 Å². The zero-order valence-electron chi connectivity index (χ0n) is 10.7. The van der Waals surface area contributed by atoms with E-state index in [0.717, 1.165) is 11.5 Å². The first-order chi connectivity index (χ1) is 9.10. The van der Waals surface area contributed by atoms with Crippen LogP contribution in [-0.2, 0) is 17.9 Å². The normalized spacial score (nSPS) is 10.2. The summed E-state index contributed by atoms with van der Waals surface area (Å²) in [4.78, 5) is 13.5. The van der Waals surface area contributed by atoms with Gasteiger partial charge in [0.2, 0.25) is 11.7 Å². The molecule has 7 nitrogen and oxygen atoms in total. The highest BCUT2D eigenvalue weighted by Gasteiger charge is 2.14. The number of carbonyl (C=O) groups is 1. The van der Waals surface area contributed by atoms with E-state index in [2.05, 4.69) is 10.2 Å². The highest BCUT2D eigenvalue weighted by atomic mass is 16.3. The number of aryl methyl sites for hydroxylation is 1. The van der Waals surface area contributed by atoms with Gasteiger partial charge >= 0.3 is 0 Å². The molecule has 0 spiro atoms. The molecular weight excluding hydrogens is 246 g/mol. The maximum absolute atomic E-state index is 12.0. The highest BCUT2D eigenvalue weighted by Crippen LogP contribution is 2.09. The van der Waals surface area contributed by atoms with Crippen molar-refractivity contribution in [3.63, 3.8) is 0 Å². The molecular formula is C12H13N5O2. The van der Waals surface area contributed by atoms with Crippen LogP contribution in [0.5, 0.6) is 0 Å². The molecule has 0 aliphatic carbocycles. The maximum atomic E-state index is 12.0. The van der Waals surface area contributed by atoms with Crippen LogP contribution >= 0.6 is 0 Å². The zero-order chi connectivity index (χ0) is 13.8. The Morgan fingerprint density at radius 2 is 2.37 bits per heavy atom.